The standard InChI is InChI=1S/C31H60O2Si2/c1-14-16-18-19-21-22-30(13)35(28(9)10,29(11)12)32-24-31(23-20-17-15-2)33-34(25(3)4,26(5)6)27(7)8/h1,16,18-19,21,25-31H,15,17,20,22-24H2,2-13H3. The van der Waals surface area contributed by atoms with Crippen molar-refractivity contribution in [2.45, 2.75) is 155 Å². The van der Waals surface area contributed by atoms with Gasteiger partial charge in [0.1, 0.15) is 0 Å². The molecule has 2 nitrogen and oxygen atoms in total. The molecule has 0 fully saturated rings. The van der Waals surface area contributed by atoms with Gasteiger partial charge >= 0.3 is 0 Å². The van der Waals surface area contributed by atoms with Crippen molar-refractivity contribution in [3.05, 3.63) is 24.3 Å². The van der Waals surface area contributed by atoms with Crippen LogP contribution in [0.5, 0.6) is 0 Å². The molecule has 0 aromatic carbocycles. The molecule has 204 valence electrons. The van der Waals surface area contributed by atoms with E-state index in [2.05, 4.69) is 101 Å². The molecule has 4 heteroatoms. The highest BCUT2D eigenvalue weighted by Gasteiger charge is 2.49. The van der Waals surface area contributed by atoms with Gasteiger partial charge in [0.05, 0.1) is 12.7 Å². The monoisotopic (exact) mass is 520 g/mol. The molecule has 0 aliphatic rings. The Kier molecular flexibility index (Phi) is 16.7. The number of unbranched alkanes of at least 4 members (excludes halogenated alkanes) is 2. The van der Waals surface area contributed by atoms with Gasteiger partial charge in [-0.1, -0.05) is 126 Å². The van der Waals surface area contributed by atoms with Gasteiger partial charge in [-0.25, -0.2) is 0 Å². The molecule has 0 bridgehead atoms. The molecule has 0 heterocycles. The number of terminal acetylenes is 1. The van der Waals surface area contributed by atoms with Gasteiger partial charge < -0.3 is 8.85 Å². The molecule has 0 aromatic heterocycles. The third-order valence-corrected chi connectivity index (χ3v) is 20.4. The summed E-state index contributed by atoms with van der Waals surface area (Å²) in [6, 6.07) is 0. The molecular formula is C31H60O2Si2. The van der Waals surface area contributed by atoms with Crippen molar-refractivity contribution in [3.63, 3.8) is 0 Å². The Morgan fingerprint density at radius 3 is 1.69 bits per heavy atom. The Labute approximate surface area is 223 Å². The van der Waals surface area contributed by atoms with E-state index in [1.54, 1.807) is 6.08 Å². The Bertz CT molecular complexity index is 626. The maximum absolute atomic E-state index is 7.32. The predicted molar refractivity (Wildman–Crippen MR) is 163 cm³/mol. The molecule has 0 aliphatic heterocycles. The van der Waals surface area contributed by atoms with E-state index in [4.69, 9.17) is 15.3 Å². The summed E-state index contributed by atoms with van der Waals surface area (Å²) in [4.78, 5) is 0. The average molecular weight is 521 g/mol. The molecule has 0 aliphatic carbocycles. The lowest BCUT2D eigenvalue weighted by Gasteiger charge is -2.47. The third kappa shape index (κ3) is 9.65. The minimum absolute atomic E-state index is 0.200. The topological polar surface area (TPSA) is 18.5 Å². The van der Waals surface area contributed by atoms with Crippen molar-refractivity contribution in [2.75, 3.05) is 6.61 Å². The van der Waals surface area contributed by atoms with Crippen LogP contribution < -0.4 is 0 Å². The van der Waals surface area contributed by atoms with E-state index in [-0.39, 0.29) is 6.10 Å². The fourth-order valence-electron chi connectivity index (χ4n) is 6.67. The Balaban J connectivity index is 6.00. The smallest absolute Gasteiger partial charge is 0.201 e. The van der Waals surface area contributed by atoms with Crippen LogP contribution in [0.25, 0.3) is 0 Å². The molecule has 35 heavy (non-hydrogen) atoms. The fourth-order valence-corrected chi connectivity index (χ4v) is 17.8. The zero-order valence-electron chi connectivity index (χ0n) is 25.5. The maximum atomic E-state index is 7.32. The molecule has 0 aromatic rings. The summed E-state index contributed by atoms with van der Waals surface area (Å²) in [5, 5.41) is 0. The van der Waals surface area contributed by atoms with Gasteiger partial charge in [-0.2, -0.15) is 0 Å². The van der Waals surface area contributed by atoms with E-state index in [0.717, 1.165) is 19.4 Å². The van der Waals surface area contributed by atoms with Gasteiger partial charge in [-0.05, 0) is 52.2 Å². The van der Waals surface area contributed by atoms with Gasteiger partial charge in [-0.3, -0.25) is 0 Å². The summed E-state index contributed by atoms with van der Waals surface area (Å²) in [7, 11) is -4.03. The molecule has 0 spiro atoms. The SMILES string of the molecule is C#CC=CC=CCC(C)[Si](OCC(CCCCC)O[Si](C(C)C)(C(C)C)C(C)C)(C(C)C)C(C)C. The lowest BCUT2D eigenvalue weighted by Crippen LogP contribution is -2.53. The number of hydrogen-bond donors (Lipinski definition) is 0. The van der Waals surface area contributed by atoms with E-state index in [1.807, 2.05) is 6.08 Å². The minimum Gasteiger partial charge on any atom is -0.413 e. The fraction of sp³-hybridized carbons (Fsp3) is 0.806. The molecule has 0 N–H and O–H groups in total. The van der Waals surface area contributed by atoms with Crippen molar-refractivity contribution < 1.29 is 8.85 Å². The van der Waals surface area contributed by atoms with Crippen LogP contribution in [0.15, 0.2) is 24.3 Å². The van der Waals surface area contributed by atoms with E-state index in [1.165, 1.54) is 19.3 Å². The van der Waals surface area contributed by atoms with Crippen molar-refractivity contribution >= 4 is 16.6 Å². The van der Waals surface area contributed by atoms with Crippen LogP contribution >= 0.6 is 0 Å². The van der Waals surface area contributed by atoms with Crippen LogP contribution in [0.1, 0.15) is 115 Å². The van der Waals surface area contributed by atoms with Gasteiger partial charge in [-0.15, -0.1) is 6.42 Å². The molecule has 0 saturated carbocycles. The lowest BCUT2D eigenvalue weighted by atomic mass is 10.1. The average Bonchev–Trinajstić information content (AvgIpc) is 2.75. The molecule has 0 saturated heterocycles. The van der Waals surface area contributed by atoms with Crippen LogP contribution in [0.3, 0.4) is 0 Å². The number of hydrogen-bond acceptors (Lipinski definition) is 2. The second-order valence-corrected chi connectivity index (χ2v) is 22.8. The van der Waals surface area contributed by atoms with E-state index in [0.29, 0.717) is 33.2 Å². The summed E-state index contributed by atoms with van der Waals surface area (Å²) in [5.41, 5.74) is 3.39. The van der Waals surface area contributed by atoms with Gasteiger partial charge in [0.2, 0.25) is 16.6 Å². The maximum Gasteiger partial charge on any atom is 0.201 e. The Morgan fingerprint density at radius 2 is 1.26 bits per heavy atom. The molecule has 2 unspecified atom stereocenters. The summed E-state index contributed by atoms with van der Waals surface area (Å²) in [6.45, 7) is 29.3. The minimum atomic E-state index is -2.07. The van der Waals surface area contributed by atoms with Crippen LogP contribution in [0, 0.1) is 12.3 Å². The molecule has 0 rings (SSSR count). The first-order valence-electron chi connectivity index (χ1n) is 14.4. The van der Waals surface area contributed by atoms with Crippen molar-refractivity contribution in [2.24, 2.45) is 0 Å². The first kappa shape index (κ1) is 34.4. The first-order valence-corrected chi connectivity index (χ1v) is 18.7. The summed E-state index contributed by atoms with van der Waals surface area (Å²) in [6.07, 6.45) is 19.5. The second kappa shape index (κ2) is 17.0. The third-order valence-electron chi connectivity index (χ3n) is 8.23. The zero-order chi connectivity index (χ0) is 27.2. The summed E-state index contributed by atoms with van der Waals surface area (Å²) >= 11 is 0. The van der Waals surface area contributed by atoms with Crippen LogP contribution in [-0.4, -0.2) is 29.3 Å². The summed E-state index contributed by atoms with van der Waals surface area (Å²) in [5.74, 6) is 2.56. The summed E-state index contributed by atoms with van der Waals surface area (Å²) < 4.78 is 14.5. The van der Waals surface area contributed by atoms with Crippen molar-refractivity contribution in [1.82, 2.24) is 0 Å². The Morgan fingerprint density at radius 1 is 0.743 bits per heavy atom. The molecule has 2 atom stereocenters. The molecule has 0 amide bonds. The van der Waals surface area contributed by atoms with Crippen LogP contribution in [-0.2, 0) is 8.85 Å². The van der Waals surface area contributed by atoms with Crippen molar-refractivity contribution in [1.29, 1.82) is 0 Å². The van der Waals surface area contributed by atoms with E-state index < -0.39 is 16.6 Å². The number of allylic oxidation sites excluding steroid dienone is 4. The highest BCUT2D eigenvalue weighted by Crippen LogP contribution is 2.46. The van der Waals surface area contributed by atoms with Crippen LogP contribution in [0.2, 0.25) is 33.2 Å². The highest BCUT2D eigenvalue weighted by molar-refractivity contribution is 6.78. The highest BCUT2D eigenvalue weighted by atomic mass is 28.4. The number of rotatable bonds is 18. The predicted octanol–water partition coefficient (Wildman–Crippen LogP) is 10.4. The Hall–Kier alpha value is -0.606. The lowest BCUT2D eigenvalue weighted by molar-refractivity contribution is 0.0917. The van der Waals surface area contributed by atoms with Gasteiger partial charge in [0.15, 0.2) is 0 Å². The van der Waals surface area contributed by atoms with E-state index >= 15 is 0 Å². The second-order valence-electron chi connectivity index (χ2n) is 12.1. The zero-order valence-corrected chi connectivity index (χ0v) is 27.5. The normalized spacial score (nSPS) is 15.4. The van der Waals surface area contributed by atoms with Gasteiger partial charge in [0, 0.05) is 0 Å². The molecule has 0 radical (unpaired) electrons. The first-order chi connectivity index (χ1) is 16.3. The van der Waals surface area contributed by atoms with Gasteiger partial charge in [0.25, 0.3) is 0 Å². The van der Waals surface area contributed by atoms with Crippen LogP contribution in [0.4, 0.5) is 0 Å². The van der Waals surface area contributed by atoms with E-state index in [9.17, 15) is 0 Å². The quantitative estimate of drug-likeness (QED) is 0.0774. The van der Waals surface area contributed by atoms with Crippen molar-refractivity contribution in [3.8, 4) is 12.3 Å². The largest absolute Gasteiger partial charge is 0.413 e. The molecular weight excluding hydrogens is 461 g/mol.